The molecule has 4 nitrogen and oxygen atoms in total. The molecule has 0 bridgehead atoms. The summed E-state index contributed by atoms with van der Waals surface area (Å²) in [6, 6.07) is 6.25. The Morgan fingerprint density at radius 1 is 1.18 bits per heavy atom. The van der Waals surface area contributed by atoms with Crippen LogP contribution >= 0.6 is 22.9 Å². The van der Waals surface area contributed by atoms with E-state index in [1.54, 1.807) is 0 Å². The number of nitrogens with zero attached hydrogens (tertiary/aromatic N) is 2. The summed E-state index contributed by atoms with van der Waals surface area (Å²) >= 11 is 1.89. The maximum atomic E-state index is 13.0. The maximum Gasteiger partial charge on any atom is 0.416 e. The van der Waals surface area contributed by atoms with Crippen LogP contribution in [0.4, 0.5) is 27.1 Å². The number of aromatic nitrogens is 2. The highest BCUT2D eigenvalue weighted by molar-refractivity contribution is 7.14. The molecule has 3 aromatic rings. The number of carbonyl (C=O) groups is 1. The van der Waals surface area contributed by atoms with Crippen LogP contribution in [-0.2, 0) is 12.6 Å². The summed E-state index contributed by atoms with van der Waals surface area (Å²) < 4.78 is 68.3. The average molecular weight is 433 g/mol. The predicted molar refractivity (Wildman–Crippen MR) is 96.9 cm³/mol. The Morgan fingerprint density at radius 2 is 1.93 bits per heavy atom. The number of hydrogen-bond donors (Lipinski definition) is 1. The number of nitrogens with one attached hydrogen (secondary N) is 1. The molecule has 0 aliphatic heterocycles. The molecule has 0 atom stereocenters. The van der Waals surface area contributed by atoms with Gasteiger partial charge >= 0.3 is 6.18 Å². The van der Waals surface area contributed by atoms with E-state index in [2.05, 4.69) is 14.7 Å². The molecule has 1 aromatic carbocycles. The molecule has 1 amide bonds. The number of halogens is 5. The lowest BCUT2D eigenvalue weighted by Crippen LogP contribution is -2.15. The summed E-state index contributed by atoms with van der Waals surface area (Å²) in [7, 11) is 0. The Bertz CT molecular complexity index is 991. The van der Waals surface area contributed by atoms with Crippen molar-refractivity contribution in [2.24, 2.45) is 0 Å². The fourth-order valence-electron chi connectivity index (χ4n) is 2.28. The summed E-state index contributed by atoms with van der Waals surface area (Å²) in [6.45, 7) is 0.743. The molecule has 0 spiro atoms. The van der Waals surface area contributed by atoms with Gasteiger partial charge in [-0.2, -0.15) is 17.5 Å². The highest BCUT2D eigenvalue weighted by Gasteiger charge is 2.30. The lowest BCUT2D eigenvalue weighted by Gasteiger charge is -2.07. The van der Waals surface area contributed by atoms with Gasteiger partial charge < -0.3 is 0 Å². The first-order valence-electron chi connectivity index (χ1n) is 7.79. The Hall–Kier alpha value is -2.40. The van der Waals surface area contributed by atoms with Gasteiger partial charge in [-0.1, -0.05) is 12.1 Å². The van der Waals surface area contributed by atoms with E-state index in [4.69, 9.17) is 0 Å². The number of hydrogen-bond acceptors (Lipinski definition) is 5. The van der Waals surface area contributed by atoms with E-state index in [0.29, 0.717) is 10.4 Å². The summed E-state index contributed by atoms with van der Waals surface area (Å²) in [4.78, 5) is 16.6. The molecule has 0 radical (unpaired) electrons. The SMILES string of the molecule is CC(F)(F)Cc1nsc(NC(=O)c2csc(-c3cccc(C(F)(F)F)c3)c2)n1. The number of anilines is 1. The molecule has 148 valence electrons. The highest BCUT2D eigenvalue weighted by Crippen LogP contribution is 2.34. The third-order valence-corrected chi connectivity index (χ3v) is 5.14. The first-order valence-corrected chi connectivity index (χ1v) is 9.44. The number of rotatable bonds is 5. The van der Waals surface area contributed by atoms with E-state index in [1.165, 1.54) is 23.6 Å². The standard InChI is InChI=1S/C17H12F5N3OS2/c1-16(18,19)7-13-23-15(28-25-13)24-14(26)10-6-12(27-8-10)9-3-2-4-11(5-9)17(20,21)22/h2-6,8H,7H2,1H3,(H,23,24,25,26). The predicted octanol–water partition coefficient (Wildman–Crippen LogP) is 5.74. The second-order valence-corrected chi connectivity index (χ2v) is 7.66. The number of benzene rings is 1. The maximum absolute atomic E-state index is 13.0. The number of thiophene rings is 1. The van der Waals surface area contributed by atoms with Crippen molar-refractivity contribution in [3.05, 3.63) is 52.7 Å². The topological polar surface area (TPSA) is 54.9 Å². The Labute approximate surface area is 164 Å². The van der Waals surface area contributed by atoms with Gasteiger partial charge in [-0.3, -0.25) is 10.1 Å². The summed E-state index contributed by atoms with van der Waals surface area (Å²) in [5.41, 5.74) is -0.226. The van der Waals surface area contributed by atoms with Crippen molar-refractivity contribution < 1.29 is 26.7 Å². The zero-order valence-electron chi connectivity index (χ0n) is 14.2. The van der Waals surface area contributed by atoms with Gasteiger partial charge in [0.2, 0.25) is 5.13 Å². The Balaban J connectivity index is 1.73. The summed E-state index contributed by atoms with van der Waals surface area (Å²) in [6.07, 6.45) is -5.10. The number of carbonyl (C=O) groups excluding carboxylic acids is 1. The van der Waals surface area contributed by atoms with E-state index in [-0.39, 0.29) is 16.5 Å². The van der Waals surface area contributed by atoms with Crippen LogP contribution in [0.15, 0.2) is 35.7 Å². The van der Waals surface area contributed by atoms with E-state index < -0.39 is 30.0 Å². The van der Waals surface area contributed by atoms with Crippen LogP contribution < -0.4 is 5.32 Å². The molecule has 2 heterocycles. The van der Waals surface area contributed by atoms with Crippen molar-refractivity contribution in [2.45, 2.75) is 25.4 Å². The van der Waals surface area contributed by atoms with Gasteiger partial charge in [0.1, 0.15) is 0 Å². The minimum absolute atomic E-state index is 0.0658. The van der Waals surface area contributed by atoms with E-state index >= 15 is 0 Å². The molecule has 28 heavy (non-hydrogen) atoms. The first kappa shape index (κ1) is 20.3. The van der Waals surface area contributed by atoms with Crippen LogP contribution in [0.25, 0.3) is 10.4 Å². The molecule has 3 rings (SSSR count). The zero-order chi connectivity index (χ0) is 20.5. The van der Waals surface area contributed by atoms with Gasteiger partial charge in [-0.15, -0.1) is 11.3 Å². The minimum Gasteiger partial charge on any atom is -0.297 e. The van der Waals surface area contributed by atoms with Crippen LogP contribution in [0.1, 0.15) is 28.7 Å². The van der Waals surface area contributed by atoms with Crippen LogP contribution in [0.5, 0.6) is 0 Å². The molecular weight excluding hydrogens is 421 g/mol. The second-order valence-electron chi connectivity index (χ2n) is 6.00. The van der Waals surface area contributed by atoms with Crippen LogP contribution in [0.2, 0.25) is 0 Å². The van der Waals surface area contributed by atoms with Crippen LogP contribution in [0, 0.1) is 0 Å². The van der Waals surface area contributed by atoms with Crippen LogP contribution in [0.3, 0.4) is 0 Å². The molecule has 0 saturated carbocycles. The largest absolute Gasteiger partial charge is 0.416 e. The normalized spacial score (nSPS) is 12.2. The molecule has 0 unspecified atom stereocenters. The van der Waals surface area contributed by atoms with Gasteiger partial charge in [0.15, 0.2) is 5.82 Å². The first-order chi connectivity index (χ1) is 13.0. The molecular formula is C17H12F5N3OS2. The monoisotopic (exact) mass is 433 g/mol. The van der Waals surface area contributed by atoms with Gasteiger partial charge in [-0.25, -0.2) is 13.8 Å². The van der Waals surface area contributed by atoms with Crippen molar-refractivity contribution in [3.8, 4) is 10.4 Å². The van der Waals surface area contributed by atoms with Gasteiger partial charge in [-0.05, 0) is 30.7 Å². The third-order valence-electron chi connectivity index (χ3n) is 3.49. The van der Waals surface area contributed by atoms with E-state index in [0.717, 1.165) is 41.9 Å². The summed E-state index contributed by atoms with van der Waals surface area (Å²) in [5, 5.41) is 4.01. The number of alkyl halides is 5. The van der Waals surface area contributed by atoms with E-state index in [1.807, 2.05) is 0 Å². The third kappa shape index (κ3) is 5.10. The van der Waals surface area contributed by atoms with Gasteiger partial charge in [0.05, 0.1) is 17.5 Å². The van der Waals surface area contributed by atoms with E-state index in [9.17, 15) is 26.7 Å². The quantitative estimate of drug-likeness (QED) is 0.523. The smallest absolute Gasteiger partial charge is 0.297 e. The molecule has 2 aromatic heterocycles. The molecule has 1 N–H and O–H groups in total. The van der Waals surface area contributed by atoms with Crippen molar-refractivity contribution in [2.75, 3.05) is 5.32 Å². The van der Waals surface area contributed by atoms with Crippen molar-refractivity contribution in [3.63, 3.8) is 0 Å². The second kappa shape index (κ2) is 7.55. The molecule has 0 saturated heterocycles. The molecule has 11 heteroatoms. The molecule has 0 fully saturated rings. The molecule has 0 aliphatic carbocycles. The minimum atomic E-state index is -4.46. The fourth-order valence-corrected chi connectivity index (χ4v) is 3.75. The summed E-state index contributed by atoms with van der Waals surface area (Å²) in [5.74, 6) is -3.60. The highest BCUT2D eigenvalue weighted by atomic mass is 32.1. The zero-order valence-corrected chi connectivity index (χ0v) is 15.8. The molecule has 0 aliphatic rings. The fraction of sp³-hybridized carbons (Fsp3) is 0.235. The van der Waals surface area contributed by atoms with Crippen molar-refractivity contribution in [1.82, 2.24) is 9.36 Å². The van der Waals surface area contributed by atoms with Gasteiger partial charge in [0, 0.05) is 21.8 Å². The Morgan fingerprint density at radius 3 is 2.61 bits per heavy atom. The lowest BCUT2D eigenvalue weighted by atomic mass is 10.1. The van der Waals surface area contributed by atoms with Crippen LogP contribution in [-0.4, -0.2) is 21.2 Å². The number of amides is 1. The Kier molecular flexibility index (Phi) is 5.48. The van der Waals surface area contributed by atoms with Crippen molar-refractivity contribution in [1.29, 1.82) is 0 Å². The van der Waals surface area contributed by atoms with Gasteiger partial charge in [0.25, 0.3) is 11.8 Å². The lowest BCUT2D eigenvalue weighted by molar-refractivity contribution is -0.137. The van der Waals surface area contributed by atoms with Crippen molar-refractivity contribution >= 4 is 33.9 Å². The average Bonchev–Trinajstić information content (AvgIpc) is 3.22.